The maximum absolute atomic E-state index is 12.4. The average molecular weight is 308 g/mol. The molecule has 1 aromatic heterocycles. The van der Waals surface area contributed by atoms with Crippen molar-refractivity contribution in [3.63, 3.8) is 0 Å². The SMILES string of the molecule is O=C(Nc1ccccc1)c1cc2c(OCC3CO3)cccc2[nH]1. The van der Waals surface area contributed by atoms with Gasteiger partial charge in [-0.25, -0.2) is 0 Å². The number of aromatic nitrogens is 1. The Labute approximate surface area is 133 Å². The highest BCUT2D eigenvalue weighted by atomic mass is 16.6. The fourth-order valence-electron chi connectivity index (χ4n) is 2.44. The smallest absolute Gasteiger partial charge is 0.272 e. The number of H-pyrrole nitrogens is 1. The average Bonchev–Trinajstić information content (AvgIpc) is 3.29. The lowest BCUT2D eigenvalue weighted by Gasteiger charge is -2.04. The molecule has 0 aliphatic carbocycles. The summed E-state index contributed by atoms with van der Waals surface area (Å²) < 4.78 is 10.9. The summed E-state index contributed by atoms with van der Waals surface area (Å²) in [7, 11) is 0. The molecule has 1 fully saturated rings. The van der Waals surface area contributed by atoms with Gasteiger partial charge >= 0.3 is 0 Å². The maximum Gasteiger partial charge on any atom is 0.272 e. The predicted molar refractivity (Wildman–Crippen MR) is 87.9 cm³/mol. The number of carbonyl (C=O) groups is 1. The number of hydrogen-bond acceptors (Lipinski definition) is 3. The molecule has 2 N–H and O–H groups in total. The molecule has 23 heavy (non-hydrogen) atoms. The van der Waals surface area contributed by atoms with E-state index in [4.69, 9.17) is 9.47 Å². The zero-order valence-electron chi connectivity index (χ0n) is 12.4. The van der Waals surface area contributed by atoms with Crippen molar-refractivity contribution in [3.8, 4) is 5.75 Å². The number of para-hydroxylation sites is 1. The van der Waals surface area contributed by atoms with Crippen LogP contribution in [-0.4, -0.2) is 30.2 Å². The number of hydrogen-bond donors (Lipinski definition) is 2. The van der Waals surface area contributed by atoms with Crippen LogP contribution in [0.2, 0.25) is 0 Å². The number of rotatable bonds is 5. The van der Waals surface area contributed by atoms with E-state index in [0.29, 0.717) is 12.3 Å². The van der Waals surface area contributed by atoms with Gasteiger partial charge in [-0.15, -0.1) is 0 Å². The predicted octanol–water partition coefficient (Wildman–Crippen LogP) is 3.20. The van der Waals surface area contributed by atoms with Crippen LogP contribution in [0.1, 0.15) is 10.5 Å². The van der Waals surface area contributed by atoms with Gasteiger partial charge in [0.2, 0.25) is 0 Å². The van der Waals surface area contributed by atoms with Crippen molar-refractivity contribution >= 4 is 22.5 Å². The maximum atomic E-state index is 12.4. The van der Waals surface area contributed by atoms with Gasteiger partial charge in [-0.05, 0) is 30.3 Å². The number of carbonyl (C=O) groups excluding carboxylic acids is 1. The quantitative estimate of drug-likeness (QED) is 0.711. The van der Waals surface area contributed by atoms with Crippen molar-refractivity contribution in [2.75, 3.05) is 18.5 Å². The van der Waals surface area contributed by atoms with Gasteiger partial charge in [-0.2, -0.15) is 0 Å². The van der Waals surface area contributed by atoms with E-state index in [1.165, 1.54) is 0 Å². The Kier molecular flexibility index (Phi) is 3.48. The van der Waals surface area contributed by atoms with Gasteiger partial charge in [-0.1, -0.05) is 24.3 Å². The summed E-state index contributed by atoms with van der Waals surface area (Å²) >= 11 is 0. The minimum Gasteiger partial charge on any atom is -0.490 e. The van der Waals surface area contributed by atoms with E-state index in [9.17, 15) is 4.79 Å². The number of benzene rings is 2. The second kappa shape index (κ2) is 5.78. The molecule has 1 saturated heterocycles. The van der Waals surface area contributed by atoms with Crippen LogP contribution in [0.3, 0.4) is 0 Å². The Morgan fingerprint density at radius 1 is 1.22 bits per heavy atom. The van der Waals surface area contributed by atoms with Crippen LogP contribution in [0, 0.1) is 0 Å². The van der Waals surface area contributed by atoms with Crippen molar-refractivity contribution in [2.45, 2.75) is 6.10 Å². The van der Waals surface area contributed by atoms with E-state index in [1.807, 2.05) is 54.6 Å². The van der Waals surface area contributed by atoms with Crippen LogP contribution in [0.5, 0.6) is 5.75 Å². The summed E-state index contributed by atoms with van der Waals surface area (Å²) in [6.45, 7) is 1.30. The zero-order valence-corrected chi connectivity index (χ0v) is 12.4. The van der Waals surface area contributed by atoms with Crippen LogP contribution in [-0.2, 0) is 4.74 Å². The van der Waals surface area contributed by atoms with Gasteiger partial charge in [0.15, 0.2) is 0 Å². The molecule has 1 unspecified atom stereocenters. The third kappa shape index (κ3) is 3.05. The monoisotopic (exact) mass is 308 g/mol. The molecule has 1 aliphatic heterocycles. The number of epoxide rings is 1. The normalized spacial score (nSPS) is 16.3. The summed E-state index contributed by atoms with van der Waals surface area (Å²) in [6.07, 6.45) is 0.199. The first-order valence-electron chi connectivity index (χ1n) is 7.52. The van der Waals surface area contributed by atoms with Gasteiger partial charge in [0.05, 0.1) is 6.61 Å². The molecular formula is C18H16N2O3. The Morgan fingerprint density at radius 3 is 2.83 bits per heavy atom. The number of fused-ring (bicyclic) bond motifs is 1. The first-order valence-corrected chi connectivity index (χ1v) is 7.52. The highest BCUT2D eigenvalue weighted by molar-refractivity contribution is 6.06. The molecule has 4 rings (SSSR count). The molecule has 116 valence electrons. The standard InChI is InChI=1S/C18H16N2O3/c21-18(19-12-5-2-1-3-6-12)16-9-14-15(20-16)7-4-8-17(14)23-11-13-10-22-13/h1-9,13,20H,10-11H2,(H,19,21). The molecule has 0 spiro atoms. The molecule has 3 aromatic rings. The van der Waals surface area contributed by atoms with E-state index in [1.54, 1.807) is 0 Å². The molecule has 1 amide bonds. The number of anilines is 1. The fourth-order valence-corrected chi connectivity index (χ4v) is 2.44. The fraction of sp³-hybridized carbons (Fsp3) is 0.167. The van der Waals surface area contributed by atoms with Crippen LogP contribution in [0.15, 0.2) is 54.6 Å². The lowest BCUT2D eigenvalue weighted by atomic mass is 10.2. The topological polar surface area (TPSA) is 66.7 Å². The number of amides is 1. The third-order valence-corrected chi connectivity index (χ3v) is 3.73. The largest absolute Gasteiger partial charge is 0.490 e. The molecule has 0 bridgehead atoms. The van der Waals surface area contributed by atoms with Crippen molar-refractivity contribution < 1.29 is 14.3 Å². The van der Waals surface area contributed by atoms with Crippen molar-refractivity contribution in [1.82, 2.24) is 4.98 Å². The number of nitrogens with one attached hydrogen (secondary N) is 2. The first-order chi connectivity index (χ1) is 11.3. The van der Waals surface area contributed by atoms with E-state index in [-0.39, 0.29) is 12.0 Å². The first kappa shape index (κ1) is 13.8. The van der Waals surface area contributed by atoms with Crippen molar-refractivity contribution in [2.24, 2.45) is 0 Å². The second-order valence-corrected chi connectivity index (χ2v) is 5.49. The Morgan fingerprint density at radius 2 is 2.04 bits per heavy atom. The van der Waals surface area contributed by atoms with Gasteiger partial charge < -0.3 is 19.8 Å². The van der Waals surface area contributed by atoms with Crippen LogP contribution < -0.4 is 10.1 Å². The second-order valence-electron chi connectivity index (χ2n) is 5.49. The zero-order chi connectivity index (χ0) is 15.6. The molecular weight excluding hydrogens is 292 g/mol. The van der Waals surface area contributed by atoms with Gasteiger partial charge in [0, 0.05) is 16.6 Å². The highest BCUT2D eigenvalue weighted by Crippen LogP contribution is 2.27. The van der Waals surface area contributed by atoms with Crippen LogP contribution in [0.4, 0.5) is 5.69 Å². The molecule has 1 atom stereocenters. The summed E-state index contributed by atoms with van der Waals surface area (Å²) in [4.78, 5) is 15.5. The van der Waals surface area contributed by atoms with Gasteiger partial charge in [-0.3, -0.25) is 4.79 Å². The minimum atomic E-state index is -0.177. The summed E-state index contributed by atoms with van der Waals surface area (Å²) in [5.74, 6) is 0.580. The summed E-state index contributed by atoms with van der Waals surface area (Å²) in [5, 5.41) is 3.76. The molecule has 5 nitrogen and oxygen atoms in total. The van der Waals surface area contributed by atoms with Crippen LogP contribution >= 0.6 is 0 Å². The van der Waals surface area contributed by atoms with Crippen molar-refractivity contribution in [1.29, 1.82) is 0 Å². The number of ether oxygens (including phenoxy) is 2. The van der Waals surface area contributed by atoms with Crippen molar-refractivity contribution in [3.05, 3.63) is 60.3 Å². The van der Waals surface area contributed by atoms with Crippen LogP contribution in [0.25, 0.3) is 10.9 Å². The lowest BCUT2D eigenvalue weighted by Crippen LogP contribution is -2.11. The minimum absolute atomic E-state index is 0.177. The molecule has 2 aromatic carbocycles. The molecule has 2 heterocycles. The molecule has 0 radical (unpaired) electrons. The number of aromatic amines is 1. The molecule has 0 saturated carbocycles. The van der Waals surface area contributed by atoms with Gasteiger partial charge in [0.1, 0.15) is 24.2 Å². The van der Waals surface area contributed by atoms with Gasteiger partial charge in [0.25, 0.3) is 5.91 Å². The van der Waals surface area contributed by atoms with E-state index in [0.717, 1.165) is 28.9 Å². The summed E-state index contributed by atoms with van der Waals surface area (Å²) in [5.41, 5.74) is 2.14. The highest BCUT2D eigenvalue weighted by Gasteiger charge is 2.23. The molecule has 5 heteroatoms. The lowest BCUT2D eigenvalue weighted by molar-refractivity contribution is 0.102. The Balaban J connectivity index is 1.57. The van der Waals surface area contributed by atoms with E-state index >= 15 is 0 Å². The Hall–Kier alpha value is -2.79. The third-order valence-electron chi connectivity index (χ3n) is 3.73. The summed E-state index contributed by atoms with van der Waals surface area (Å²) in [6, 6.07) is 16.9. The van der Waals surface area contributed by atoms with E-state index in [2.05, 4.69) is 10.3 Å². The molecule has 1 aliphatic rings. The van der Waals surface area contributed by atoms with E-state index < -0.39 is 0 Å². The Bertz CT molecular complexity index is 838.